The number of para-hydroxylation sites is 1. The lowest BCUT2D eigenvalue weighted by Gasteiger charge is -2.16. The Labute approximate surface area is 363 Å². The van der Waals surface area contributed by atoms with Gasteiger partial charge in [-0.1, -0.05) is 170 Å². The largest absolute Gasteiger partial charge is 0.309 e. The molecule has 11 rings (SSSR count). The maximum atomic E-state index is 7.44. The molecule has 11 aromatic rings. The van der Waals surface area contributed by atoms with E-state index in [1.165, 1.54) is 0 Å². The average Bonchev–Trinajstić information content (AvgIpc) is 3.70. The van der Waals surface area contributed by atoms with E-state index in [1.807, 2.05) is 146 Å². The Balaban J connectivity index is 1.18. The fourth-order valence-electron chi connectivity index (χ4n) is 8.06. The second-order valence-electron chi connectivity index (χ2n) is 15.1. The van der Waals surface area contributed by atoms with Gasteiger partial charge in [0.15, 0.2) is 40.6 Å². The highest BCUT2D eigenvalue weighted by Gasteiger charge is 2.22. The van der Waals surface area contributed by atoms with Gasteiger partial charge in [0.05, 0.1) is 23.3 Å². The molecule has 3 aromatic heterocycles. The molecule has 8 aromatic carbocycles. The van der Waals surface area contributed by atoms with Crippen molar-refractivity contribution in [1.82, 2.24) is 34.5 Å². The Bertz CT molecular complexity index is 3380. The van der Waals surface area contributed by atoms with Crippen molar-refractivity contribution in [2.45, 2.75) is 0 Å². The molecular weight excluding hydrogens is 773 g/mol. The second kappa shape index (κ2) is 15.9. The van der Waals surface area contributed by atoms with E-state index in [4.69, 9.17) is 36.5 Å². The quantitative estimate of drug-likeness (QED) is 0.142. The topological polar surface area (TPSA) is 86.6 Å². The summed E-state index contributed by atoms with van der Waals surface area (Å²) >= 11 is 0. The van der Waals surface area contributed by atoms with Gasteiger partial charge in [-0.05, 0) is 47.5 Å². The van der Waals surface area contributed by atoms with E-state index >= 15 is 0 Å². The summed E-state index contributed by atoms with van der Waals surface area (Å²) in [5.41, 5.74) is 10.7. The maximum absolute atomic E-state index is 7.44. The molecule has 0 N–H and O–H groups in total. The standard InChI is InChI=1S/C55H34N8/c1-56-43-30-26-36(27-31-43)41-28-32-48-45(34-41)44-24-14-15-25-47(44)63(48)49-33-29-42(54-59-50(37-16-6-2-7-17-37)57-51(60-54)38-18-8-3-9-19-38)35-46(49)55-61-52(39-20-10-4-11-21-39)58-53(62-55)40-22-12-5-13-23-40/h2-35H. The molecule has 8 heteroatoms. The van der Waals surface area contributed by atoms with Crippen LogP contribution in [0.4, 0.5) is 5.69 Å². The summed E-state index contributed by atoms with van der Waals surface area (Å²) in [7, 11) is 0. The van der Waals surface area contributed by atoms with Crippen LogP contribution in [0.2, 0.25) is 0 Å². The lowest BCUT2D eigenvalue weighted by atomic mass is 10.0. The van der Waals surface area contributed by atoms with Crippen molar-refractivity contribution in [3.05, 3.63) is 218 Å². The molecule has 0 aliphatic carbocycles. The highest BCUT2D eigenvalue weighted by atomic mass is 15.1. The minimum atomic E-state index is 0.502. The van der Waals surface area contributed by atoms with Crippen LogP contribution in [0.3, 0.4) is 0 Å². The molecule has 0 fully saturated rings. The number of rotatable bonds is 8. The number of hydrogen-bond acceptors (Lipinski definition) is 6. The zero-order valence-corrected chi connectivity index (χ0v) is 33.7. The summed E-state index contributed by atoms with van der Waals surface area (Å²) in [5.74, 6) is 3.29. The third-order valence-electron chi connectivity index (χ3n) is 11.1. The highest BCUT2D eigenvalue weighted by molar-refractivity contribution is 6.11. The van der Waals surface area contributed by atoms with Crippen molar-refractivity contribution in [1.29, 1.82) is 0 Å². The van der Waals surface area contributed by atoms with Crippen LogP contribution in [0.15, 0.2) is 206 Å². The predicted molar refractivity (Wildman–Crippen MR) is 252 cm³/mol. The molecule has 0 saturated carbocycles. The van der Waals surface area contributed by atoms with Crippen molar-refractivity contribution >= 4 is 27.5 Å². The van der Waals surface area contributed by atoms with Gasteiger partial charge in [-0.15, -0.1) is 0 Å². The Morgan fingerprint density at radius 1 is 0.317 bits per heavy atom. The molecule has 294 valence electrons. The van der Waals surface area contributed by atoms with Crippen LogP contribution >= 0.6 is 0 Å². The summed E-state index contributed by atoms with van der Waals surface area (Å²) in [6.45, 7) is 7.44. The first kappa shape index (κ1) is 37.1. The molecular formula is C55H34N8. The molecule has 63 heavy (non-hydrogen) atoms. The first-order chi connectivity index (χ1) is 31.2. The Morgan fingerprint density at radius 3 is 1.24 bits per heavy atom. The molecule has 0 atom stereocenters. The van der Waals surface area contributed by atoms with Gasteiger partial charge in [0.2, 0.25) is 0 Å². The van der Waals surface area contributed by atoms with Crippen LogP contribution in [0.5, 0.6) is 0 Å². The number of fused-ring (bicyclic) bond motifs is 3. The molecule has 8 nitrogen and oxygen atoms in total. The van der Waals surface area contributed by atoms with Gasteiger partial charge in [-0.25, -0.2) is 34.7 Å². The Morgan fingerprint density at radius 2 is 0.730 bits per heavy atom. The van der Waals surface area contributed by atoms with E-state index in [0.717, 1.165) is 72.0 Å². The van der Waals surface area contributed by atoms with Crippen molar-refractivity contribution in [3.63, 3.8) is 0 Å². The van der Waals surface area contributed by atoms with Gasteiger partial charge < -0.3 is 4.57 Å². The summed E-state index contributed by atoms with van der Waals surface area (Å²) in [5, 5.41) is 2.20. The molecule has 0 aliphatic rings. The highest BCUT2D eigenvalue weighted by Crippen LogP contribution is 2.40. The average molecular weight is 807 g/mol. The summed E-state index contributed by atoms with van der Waals surface area (Å²) in [6.07, 6.45) is 0. The van der Waals surface area contributed by atoms with E-state index in [1.54, 1.807) is 0 Å². The molecule has 0 spiro atoms. The van der Waals surface area contributed by atoms with Crippen LogP contribution in [-0.4, -0.2) is 34.5 Å². The SMILES string of the molecule is [C-]#[N+]c1ccc(-c2ccc3c(c2)c2ccccc2n3-c2ccc(-c3nc(-c4ccccc4)nc(-c4ccccc4)n3)cc2-c2nc(-c3ccccc3)nc(-c3ccccc3)n2)cc1. The predicted octanol–water partition coefficient (Wildman–Crippen LogP) is 13.4. The third-order valence-corrected chi connectivity index (χ3v) is 11.1. The Hall–Kier alpha value is -8.93. The number of nitrogens with zero attached hydrogens (tertiary/aromatic N) is 8. The van der Waals surface area contributed by atoms with E-state index < -0.39 is 0 Å². The smallest absolute Gasteiger partial charge is 0.187 e. The zero-order valence-electron chi connectivity index (χ0n) is 33.7. The molecule has 0 unspecified atom stereocenters. The van der Waals surface area contributed by atoms with E-state index in [-0.39, 0.29) is 0 Å². The summed E-state index contributed by atoms with van der Waals surface area (Å²) in [6, 6.07) is 69.1. The van der Waals surface area contributed by atoms with Crippen LogP contribution in [-0.2, 0) is 0 Å². The van der Waals surface area contributed by atoms with Crippen LogP contribution < -0.4 is 0 Å². The first-order valence-corrected chi connectivity index (χ1v) is 20.6. The third kappa shape index (κ3) is 7.05. The van der Waals surface area contributed by atoms with Gasteiger partial charge in [0, 0.05) is 44.2 Å². The lowest BCUT2D eigenvalue weighted by Crippen LogP contribution is -2.05. The van der Waals surface area contributed by atoms with Gasteiger partial charge in [0.25, 0.3) is 0 Å². The van der Waals surface area contributed by atoms with Crippen LogP contribution in [0.25, 0.3) is 112 Å². The summed E-state index contributed by atoms with van der Waals surface area (Å²) in [4.78, 5) is 34.3. The number of hydrogen-bond donors (Lipinski definition) is 0. The first-order valence-electron chi connectivity index (χ1n) is 20.6. The molecule has 0 aliphatic heterocycles. The molecule has 0 radical (unpaired) electrons. The molecule has 3 heterocycles. The molecule has 0 amide bonds. The zero-order chi connectivity index (χ0) is 42.1. The fourth-order valence-corrected chi connectivity index (χ4v) is 8.06. The lowest BCUT2D eigenvalue weighted by molar-refractivity contribution is 1.06. The minimum Gasteiger partial charge on any atom is -0.309 e. The number of benzene rings is 8. The van der Waals surface area contributed by atoms with Crippen molar-refractivity contribution < 1.29 is 0 Å². The van der Waals surface area contributed by atoms with Crippen molar-refractivity contribution in [3.8, 4) is 85.1 Å². The van der Waals surface area contributed by atoms with Crippen LogP contribution in [0, 0.1) is 6.57 Å². The van der Waals surface area contributed by atoms with Crippen molar-refractivity contribution in [2.24, 2.45) is 0 Å². The monoisotopic (exact) mass is 806 g/mol. The van der Waals surface area contributed by atoms with E-state index in [2.05, 4.69) is 70.1 Å². The van der Waals surface area contributed by atoms with E-state index in [0.29, 0.717) is 40.6 Å². The van der Waals surface area contributed by atoms with Crippen LogP contribution in [0.1, 0.15) is 0 Å². The summed E-state index contributed by atoms with van der Waals surface area (Å²) < 4.78 is 2.29. The van der Waals surface area contributed by atoms with Gasteiger partial charge in [-0.2, -0.15) is 0 Å². The maximum Gasteiger partial charge on any atom is 0.187 e. The Kier molecular flexibility index (Phi) is 9.37. The van der Waals surface area contributed by atoms with Gasteiger partial charge in [-0.3, -0.25) is 0 Å². The minimum absolute atomic E-state index is 0.502. The van der Waals surface area contributed by atoms with Gasteiger partial charge in [0.1, 0.15) is 0 Å². The fraction of sp³-hybridized carbons (Fsp3) is 0. The number of aromatic nitrogens is 7. The molecule has 0 bridgehead atoms. The molecule has 0 saturated heterocycles. The second-order valence-corrected chi connectivity index (χ2v) is 15.1. The van der Waals surface area contributed by atoms with E-state index in [9.17, 15) is 0 Å². The van der Waals surface area contributed by atoms with Gasteiger partial charge >= 0.3 is 0 Å². The normalized spacial score (nSPS) is 11.2. The van der Waals surface area contributed by atoms with Crippen molar-refractivity contribution in [2.75, 3.05) is 0 Å².